The molecule has 152 valence electrons. The Kier molecular flexibility index (Phi) is 5.51. The number of rotatable bonds is 6. The number of benzene rings is 1. The summed E-state index contributed by atoms with van der Waals surface area (Å²) in [7, 11) is 0. The number of hydrogen-bond donors (Lipinski definition) is 0. The van der Waals surface area contributed by atoms with Crippen molar-refractivity contribution in [3.05, 3.63) is 47.2 Å². The summed E-state index contributed by atoms with van der Waals surface area (Å²) in [5, 5.41) is 5.79. The van der Waals surface area contributed by atoms with Crippen molar-refractivity contribution in [3.63, 3.8) is 0 Å². The van der Waals surface area contributed by atoms with Gasteiger partial charge in [0.25, 0.3) is 0 Å². The molecule has 2 aromatic heterocycles. The zero-order valence-corrected chi connectivity index (χ0v) is 17.4. The minimum Gasteiger partial charge on any atom is -0.478 e. The van der Waals surface area contributed by atoms with Crippen LogP contribution in [0.4, 0.5) is 0 Å². The number of para-hydroxylation sites is 1. The van der Waals surface area contributed by atoms with Gasteiger partial charge in [0.05, 0.1) is 18.0 Å². The Morgan fingerprint density at radius 3 is 2.55 bits per heavy atom. The van der Waals surface area contributed by atoms with E-state index in [4.69, 9.17) is 14.8 Å². The SMILES string of the molecule is CCOc1nc2c(c(C)nn2-c2ccccc2)c(C)c1CCC(=O)N1CCCC1. The van der Waals surface area contributed by atoms with Crippen LogP contribution in [0.15, 0.2) is 30.3 Å². The van der Waals surface area contributed by atoms with Crippen molar-refractivity contribution in [2.45, 2.75) is 46.5 Å². The third-order valence-electron chi connectivity index (χ3n) is 5.66. The minimum atomic E-state index is 0.223. The number of carbonyl (C=O) groups is 1. The van der Waals surface area contributed by atoms with E-state index in [1.165, 1.54) is 0 Å². The first-order chi connectivity index (χ1) is 14.1. The highest BCUT2D eigenvalue weighted by Crippen LogP contribution is 2.32. The molecule has 0 radical (unpaired) electrons. The summed E-state index contributed by atoms with van der Waals surface area (Å²) in [6, 6.07) is 10.0. The van der Waals surface area contributed by atoms with Crippen LogP contribution < -0.4 is 4.74 Å². The van der Waals surface area contributed by atoms with E-state index in [0.29, 0.717) is 25.3 Å². The molecule has 0 aliphatic carbocycles. The first-order valence-electron chi connectivity index (χ1n) is 10.4. The highest BCUT2D eigenvalue weighted by atomic mass is 16.5. The number of nitrogens with zero attached hydrogens (tertiary/aromatic N) is 4. The van der Waals surface area contributed by atoms with E-state index in [1.54, 1.807) is 0 Å². The number of pyridine rings is 1. The molecule has 0 saturated carbocycles. The highest BCUT2D eigenvalue weighted by Gasteiger charge is 2.22. The Labute approximate surface area is 171 Å². The van der Waals surface area contributed by atoms with E-state index < -0.39 is 0 Å². The molecule has 1 amide bonds. The van der Waals surface area contributed by atoms with Crippen LogP contribution in [0.1, 0.15) is 43.0 Å². The van der Waals surface area contributed by atoms with Gasteiger partial charge < -0.3 is 9.64 Å². The molecule has 1 aliphatic heterocycles. The van der Waals surface area contributed by atoms with Crippen molar-refractivity contribution < 1.29 is 9.53 Å². The van der Waals surface area contributed by atoms with Gasteiger partial charge in [-0.25, -0.2) is 4.68 Å². The number of carbonyl (C=O) groups excluding carboxylic acids is 1. The number of aryl methyl sites for hydroxylation is 2. The lowest BCUT2D eigenvalue weighted by Gasteiger charge is -2.17. The molecule has 0 spiro atoms. The molecule has 0 N–H and O–H groups in total. The van der Waals surface area contributed by atoms with Gasteiger partial charge in [-0.3, -0.25) is 4.79 Å². The normalized spacial score (nSPS) is 14.0. The molecule has 0 unspecified atom stereocenters. The summed E-state index contributed by atoms with van der Waals surface area (Å²) in [6.45, 7) is 8.36. The lowest BCUT2D eigenvalue weighted by molar-refractivity contribution is -0.130. The number of amides is 1. The average molecular weight is 393 g/mol. The average Bonchev–Trinajstić information content (AvgIpc) is 3.37. The summed E-state index contributed by atoms with van der Waals surface area (Å²) in [5.74, 6) is 0.838. The molecule has 0 atom stereocenters. The van der Waals surface area contributed by atoms with Crippen LogP contribution >= 0.6 is 0 Å². The molecular formula is C23H28N4O2. The smallest absolute Gasteiger partial charge is 0.222 e. The molecule has 4 rings (SSSR count). The van der Waals surface area contributed by atoms with Crippen molar-refractivity contribution in [2.24, 2.45) is 0 Å². The zero-order valence-electron chi connectivity index (χ0n) is 17.4. The molecule has 1 fully saturated rings. The number of ether oxygens (including phenoxy) is 1. The molecule has 3 aromatic rings. The lowest BCUT2D eigenvalue weighted by Crippen LogP contribution is -2.27. The van der Waals surface area contributed by atoms with Gasteiger partial charge in [0.2, 0.25) is 11.8 Å². The lowest BCUT2D eigenvalue weighted by atomic mass is 10.0. The Balaban J connectivity index is 1.74. The predicted octanol–water partition coefficient (Wildman–Crippen LogP) is 3.99. The molecule has 1 aliphatic rings. The Morgan fingerprint density at radius 2 is 1.86 bits per heavy atom. The summed E-state index contributed by atoms with van der Waals surface area (Å²) >= 11 is 0. The van der Waals surface area contributed by atoms with Gasteiger partial charge in [-0.15, -0.1) is 0 Å². The van der Waals surface area contributed by atoms with Crippen molar-refractivity contribution in [1.82, 2.24) is 19.7 Å². The minimum absolute atomic E-state index is 0.223. The van der Waals surface area contributed by atoms with Gasteiger partial charge >= 0.3 is 0 Å². The maximum Gasteiger partial charge on any atom is 0.222 e. The molecular weight excluding hydrogens is 364 g/mol. The molecule has 1 saturated heterocycles. The van der Waals surface area contributed by atoms with E-state index in [9.17, 15) is 4.79 Å². The van der Waals surface area contributed by atoms with Gasteiger partial charge in [0.15, 0.2) is 5.65 Å². The molecule has 0 bridgehead atoms. The van der Waals surface area contributed by atoms with Crippen LogP contribution in [0.25, 0.3) is 16.7 Å². The number of likely N-dealkylation sites (tertiary alicyclic amines) is 1. The van der Waals surface area contributed by atoms with E-state index >= 15 is 0 Å². The second-order valence-electron chi connectivity index (χ2n) is 7.57. The number of aromatic nitrogens is 3. The van der Waals surface area contributed by atoms with Crippen LogP contribution in [0.5, 0.6) is 5.88 Å². The summed E-state index contributed by atoms with van der Waals surface area (Å²) in [6.07, 6.45) is 3.34. The second kappa shape index (κ2) is 8.23. The van der Waals surface area contributed by atoms with Crippen LogP contribution in [0, 0.1) is 13.8 Å². The van der Waals surface area contributed by atoms with Crippen molar-refractivity contribution in [1.29, 1.82) is 0 Å². The fourth-order valence-corrected chi connectivity index (χ4v) is 4.19. The van der Waals surface area contributed by atoms with Crippen molar-refractivity contribution in [3.8, 4) is 11.6 Å². The van der Waals surface area contributed by atoms with Gasteiger partial charge in [-0.2, -0.15) is 10.1 Å². The van der Waals surface area contributed by atoms with Gasteiger partial charge in [-0.1, -0.05) is 18.2 Å². The van der Waals surface area contributed by atoms with Gasteiger partial charge in [0.1, 0.15) is 0 Å². The second-order valence-corrected chi connectivity index (χ2v) is 7.57. The maximum absolute atomic E-state index is 12.6. The van der Waals surface area contributed by atoms with Crippen molar-refractivity contribution in [2.75, 3.05) is 19.7 Å². The first-order valence-corrected chi connectivity index (χ1v) is 10.4. The first kappa shape index (κ1) is 19.4. The summed E-state index contributed by atoms with van der Waals surface area (Å²) < 4.78 is 7.78. The fourth-order valence-electron chi connectivity index (χ4n) is 4.19. The third-order valence-corrected chi connectivity index (χ3v) is 5.66. The highest BCUT2D eigenvalue weighted by molar-refractivity contribution is 5.86. The topological polar surface area (TPSA) is 60.3 Å². The molecule has 6 nitrogen and oxygen atoms in total. The Bertz CT molecular complexity index is 1020. The van der Waals surface area contributed by atoms with Gasteiger partial charge in [0, 0.05) is 30.5 Å². The number of fused-ring (bicyclic) bond motifs is 1. The zero-order chi connectivity index (χ0) is 20.4. The summed E-state index contributed by atoms with van der Waals surface area (Å²) in [5.41, 5.74) is 4.82. The van der Waals surface area contributed by atoms with Crippen molar-refractivity contribution >= 4 is 16.9 Å². The molecule has 29 heavy (non-hydrogen) atoms. The fraction of sp³-hybridized carbons (Fsp3) is 0.435. The molecule has 6 heteroatoms. The van der Waals surface area contributed by atoms with Crippen LogP contribution in [0.2, 0.25) is 0 Å². The third kappa shape index (κ3) is 3.71. The largest absolute Gasteiger partial charge is 0.478 e. The van der Waals surface area contributed by atoms with E-state index in [0.717, 1.165) is 59.5 Å². The van der Waals surface area contributed by atoms with Crippen LogP contribution in [-0.4, -0.2) is 45.3 Å². The van der Waals surface area contributed by atoms with Gasteiger partial charge in [-0.05, 0) is 57.7 Å². The maximum atomic E-state index is 12.6. The van der Waals surface area contributed by atoms with E-state index in [-0.39, 0.29) is 5.91 Å². The number of hydrogen-bond acceptors (Lipinski definition) is 4. The standard InChI is InChI=1S/C23H28N4O2/c1-4-29-23-19(12-13-20(28)26-14-8-9-15-26)16(2)21-17(3)25-27(22(21)24-23)18-10-6-5-7-11-18/h5-7,10-11H,4,8-9,12-15H2,1-3H3. The van der Waals surface area contributed by atoms with Crippen LogP contribution in [0.3, 0.4) is 0 Å². The molecule has 1 aromatic carbocycles. The summed E-state index contributed by atoms with van der Waals surface area (Å²) in [4.78, 5) is 19.4. The Hall–Kier alpha value is -2.89. The van der Waals surface area contributed by atoms with E-state index in [2.05, 4.69) is 6.92 Å². The monoisotopic (exact) mass is 392 g/mol. The van der Waals surface area contributed by atoms with E-state index in [1.807, 2.05) is 53.8 Å². The Morgan fingerprint density at radius 1 is 1.14 bits per heavy atom. The van der Waals surface area contributed by atoms with Crippen LogP contribution in [-0.2, 0) is 11.2 Å². The quantitative estimate of drug-likeness (QED) is 0.636. The predicted molar refractivity (Wildman–Crippen MR) is 114 cm³/mol. The molecule has 3 heterocycles.